The third kappa shape index (κ3) is 8.58. The van der Waals surface area contributed by atoms with Crippen molar-refractivity contribution in [1.29, 1.82) is 5.41 Å². The molecule has 1 aromatic heterocycles. The van der Waals surface area contributed by atoms with Crippen molar-refractivity contribution in [1.82, 2.24) is 4.98 Å². The van der Waals surface area contributed by atoms with Crippen LogP contribution in [-0.4, -0.2) is 16.7 Å². The molecule has 5 N–H and O–H groups in total. The van der Waals surface area contributed by atoms with Gasteiger partial charge in [-0.2, -0.15) is 0 Å². The van der Waals surface area contributed by atoms with E-state index in [1.807, 2.05) is 67.6 Å². The number of aryl methyl sites for hydroxylation is 1. The summed E-state index contributed by atoms with van der Waals surface area (Å²) in [5, 5.41) is 8.20. The number of nitrogens with zero attached hydrogens (tertiary/aromatic N) is 2. The average molecular weight is 678 g/mol. The molecule has 0 saturated heterocycles. The highest BCUT2D eigenvalue weighted by molar-refractivity contribution is 6.11. The Hall–Kier alpha value is -6.59. The predicted molar refractivity (Wildman–Crippen MR) is 221 cm³/mol. The molecule has 0 amide bonds. The third-order valence-electron chi connectivity index (χ3n) is 8.89. The largest absolute Gasteiger partial charge is 0.398 e. The summed E-state index contributed by atoms with van der Waals surface area (Å²) in [6, 6.07) is 45.5. The second-order valence-electron chi connectivity index (χ2n) is 12.6. The molecule has 7 rings (SSSR count). The van der Waals surface area contributed by atoms with Gasteiger partial charge in [0.1, 0.15) is 5.84 Å². The van der Waals surface area contributed by atoms with Gasteiger partial charge in [0, 0.05) is 34.1 Å². The zero-order valence-electron chi connectivity index (χ0n) is 29.6. The van der Waals surface area contributed by atoms with Gasteiger partial charge in [0.15, 0.2) is 5.84 Å². The highest BCUT2D eigenvalue weighted by Crippen LogP contribution is 2.39. The molecule has 0 unspecified atom stereocenters. The number of anilines is 1. The first-order valence-electron chi connectivity index (χ1n) is 17.5. The lowest BCUT2D eigenvalue weighted by atomic mass is 9.90. The average Bonchev–Trinajstić information content (AvgIpc) is 3.20. The van der Waals surface area contributed by atoms with Gasteiger partial charge in [0.2, 0.25) is 0 Å². The molecule has 5 aromatic carbocycles. The number of nitrogens with two attached hydrogens (primary N) is 2. The van der Waals surface area contributed by atoms with Crippen molar-refractivity contribution < 1.29 is 0 Å². The summed E-state index contributed by atoms with van der Waals surface area (Å²) >= 11 is 0. The molecule has 0 aliphatic heterocycles. The molecule has 5 nitrogen and oxygen atoms in total. The van der Waals surface area contributed by atoms with E-state index in [1.54, 1.807) is 6.20 Å². The molecule has 0 atom stereocenters. The van der Waals surface area contributed by atoms with Gasteiger partial charge >= 0.3 is 0 Å². The number of allylic oxidation sites excluding steroid dienone is 3. The summed E-state index contributed by atoms with van der Waals surface area (Å²) in [7, 11) is 0. The minimum Gasteiger partial charge on any atom is -0.398 e. The van der Waals surface area contributed by atoms with Crippen LogP contribution in [0.2, 0.25) is 0 Å². The van der Waals surface area contributed by atoms with E-state index < -0.39 is 0 Å². The number of nitrogens with one attached hydrogen (secondary N) is 1. The Kier molecular flexibility index (Phi) is 11.4. The molecule has 52 heavy (non-hydrogen) atoms. The summed E-state index contributed by atoms with van der Waals surface area (Å²) in [6.07, 6.45) is 13.9. The van der Waals surface area contributed by atoms with E-state index in [9.17, 15) is 0 Å². The van der Waals surface area contributed by atoms with Gasteiger partial charge in [0.05, 0.1) is 5.69 Å². The van der Waals surface area contributed by atoms with Gasteiger partial charge in [-0.25, -0.2) is 4.99 Å². The van der Waals surface area contributed by atoms with Crippen molar-refractivity contribution in [3.05, 3.63) is 186 Å². The van der Waals surface area contributed by atoms with Gasteiger partial charge in [0.25, 0.3) is 0 Å². The Balaban J connectivity index is 0.000000183. The molecule has 1 heterocycles. The van der Waals surface area contributed by atoms with Crippen molar-refractivity contribution in [2.75, 3.05) is 5.73 Å². The summed E-state index contributed by atoms with van der Waals surface area (Å²) in [5.74, 6) is 0.536. The minimum atomic E-state index is 0.153. The number of aliphatic imine (C=N–C) groups is 1. The molecule has 256 valence electrons. The molecule has 1 aliphatic rings. The Morgan fingerprint density at radius 3 is 2.12 bits per heavy atom. The van der Waals surface area contributed by atoms with Crippen molar-refractivity contribution in [2.24, 2.45) is 10.7 Å². The second-order valence-corrected chi connectivity index (χ2v) is 12.6. The van der Waals surface area contributed by atoms with Crippen molar-refractivity contribution in [3.63, 3.8) is 0 Å². The van der Waals surface area contributed by atoms with Gasteiger partial charge in [-0.3, -0.25) is 10.4 Å². The molecule has 0 saturated carbocycles. The first-order chi connectivity index (χ1) is 25.4. The summed E-state index contributed by atoms with van der Waals surface area (Å²) in [4.78, 5) is 8.58. The summed E-state index contributed by atoms with van der Waals surface area (Å²) in [6.45, 7) is 4.12. The van der Waals surface area contributed by atoms with E-state index >= 15 is 0 Å². The molecule has 6 aromatic rings. The maximum atomic E-state index is 8.20. The molecule has 5 heteroatoms. The molecular weight excluding hydrogens is 635 g/mol. The fraction of sp³-hybridized carbons (Fsp3) is 0.0851. The SMILES string of the molecule is C/C=C\c1ccc(-c2ccc(-c3ccccc3)cc2)c(-c2ccc(C)cc2)c1N.N=C(N=C(N)C1=CCCC=C1)c1cccc(-c2ccccn2)c1. The Labute approximate surface area is 307 Å². The third-order valence-corrected chi connectivity index (χ3v) is 8.89. The van der Waals surface area contributed by atoms with E-state index in [0.717, 1.165) is 63.2 Å². The standard InChI is InChI=1S/C28H25N.C19H18N4/c1-3-7-25-18-19-26(27(28(25)29)24-12-10-20(2)11-13-24)23-16-14-22(15-17-23)21-8-5-4-6-9-21;20-18(14-7-2-1-3-8-14)23-19(21)16-10-6-9-15(13-16)17-11-4-5-12-22-17/h3-19H,29H2,1-2H3;2,4-13H,1,3H2,(H3,20,21,23)/b7-3-;. The molecular formula is C47H43N5. The lowest BCUT2D eigenvalue weighted by molar-refractivity contribution is 1.03. The smallest absolute Gasteiger partial charge is 0.154 e. The summed E-state index contributed by atoms with van der Waals surface area (Å²) in [5.41, 5.74) is 26.2. The number of amidine groups is 2. The highest BCUT2D eigenvalue weighted by atomic mass is 14.9. The van der Waals surface area contributed by atoms with Crippen LogP contribution in [0.3, 0.4) is 0 Å². The second kappa shape index (κ2) is 16.9. The van der Waals surface area contributed by atoms with Gasteiger partial charge in [-0.05, 0) is 78.3 Å². The van der Waals surface area contributed by atoms with Crippen LogP contribution in [0, 0.1) is 12.3 Å². The van der Waals surface area contributed by atoms with Crippen LogP contribution in [0.15, 0.2) is 175 Å². The van der Waals surface area contributed by atoms with Crippen molar-refractivity contribution in [3.8, 4) is 44.6 Å². The van der Waals surface area contributed by atoms with Crippen LogP contribution in [0.1, 0.15) is 36.5 Å². The number of hydrogen-bond acceptors (Lipinski definition) is 3. The molecule has 0 radical (unpaired) electrons. The number of rotatable bonds is 7. The lowest BCUT2D eigenvalue weighted by Gasteiger charge is -2.16. The topological polar surface area (TPSA) is 101 Å². The van der Waals surface area contributed by atoms with Crippen LogP contribution in [0.25, 0.3) is 50.7 Å². The highest BCUT2D eigenvalue weighted by Gasteiger charge is 2.14. The van der Waals surface area contributed by atoms with E-state index in [4.69, 9.17) is 16.9 Å². The first-order valence-corrected chi connectivity index (χ1v) is 17.5. The monoisotopic (exact) mass is 677 g/mol. The number of aromatic nitrogens is 1. The van der Waals surface area contributed by atoms with E-state index in [1.165, 1.54) is 22.3 Å². The van der Waals surface area contributed by atoms with Gasteiger partial charge in [-0.1, -0.05) is 151 Å². The minimum absolute atomic E-state index is 0.153. The van der Waals surface area contributed by atoms with E-state index in [2.05, 4.69) is 120 Å². The molecule has 1 aliphatic carbocycles. The zero-order valence-corrected chi connectivity index (χ0v) is 29.6. The van der Waals surface area contributed by atoms with Crippen molar-refractivity contribution >= 4 is 23.4 Å². The zero-order chi connectivity index (χ0) is 36.3. The number of nitrogen functional groups attached to an aromatic ring is 1. The fourth-order valence-electron chi connectivity index (χ4n) is 6.12. The number of hydrogen-bond donors (Lipinski definition) is 3. The van der Waals surface area contributed by atoms with Crippen LogP contribution < -0.4 is 11.5 Å². The Bertz CT molecular complexity index is 2260. The Morgan fingerprint density at radius 2 is 1.42 bits per heavy atom. The van der Waals surface area contributed by atoms with Crippen LogP contribution in [0.5, 0.6) is 0 Å². The Morgan fingerprint density at radius 1 is 0.731 bits per heavy atom. The van der Waals surface area contributed by atoms with E-state index in [-0.39, 0.29) is 5.84 Å². The van der Waals surface area contributed by atoms with E-state index in [0.29, 0.717) is 5.84 Å². The maximum absolute atomic E-state index is 8.20. The maximum Gasteiger partial charge on any atom is 0.154 e. The molecule has 0 fully saturated rings. The van der Waals surface area contributed by atoms with Crippen LogP contribution >= 0.6 is 0 Å². The number of benzene rings is 5. The quantitative estimate of drug-likeness (QED) is 0.0890. The van der Waals surface area contributed by atoms with Crippen LogP contribution in [-0.2, 0) is 0 Å². The van der Waals surface area contributed by atoms with Crippen LogP contribution in [0.4, 0.5) is 5.69 Å². The molecule has 0 bridgehead atoms. The number of pyridine rings is 1. The fourth-order valence-corrected chi connectivity index (χ4v) is 6.12. The first kappa shape index (κ1) is 35.2. The normalized spacial score (nSPS) is 12.6. The van der Waals surface area contributed by atoms with Crippen molar-refractivity contribution in [2.45, 2.75) is 26.7 Å². The summed E-state index contributed by atoms with van der Waals surface area (Å²) < 4.78 is 0. The van der Waals surface area contributed by atoms with Gasteiger partial charge < -0.3 is 11.5 Å². The predicted octanol–water partition coefficient (Wildman–Crippen LogP) is 11.3. The molecule has 0 spiro atoms. The lowest BCUT2D eigenvalue weighted by Crippen LogP contribution is -2.17. The van der Waals surface area contributed by atoms with Gasteiger partial charge in [-0.15, -0.1) is 0 Å².